The van der Waals surface area contributed by atoms with Gasteiger partial charge in [0.15, 0.2) is 0 Å². The fourth-order valence-corrected chi connectivity index (χ4v) is 1.03. The summed E-state index contributed by atoms with van der Waals surface area (Å²) in [4.78, 5) is 17.3. The number of hydrogen-bond donors (Lipinski definition) is 2. The third-order valence-electron chi connectivity index (χ3n) is 1.58. The van der Waals surface area contributed by atoms with Crippen LogP contribution in [0.15, 0.2) is 33.9 Å². The van der Waals surface area contributed by atoms with Gasteiger partial charge in [-0.2, -0.15) is 0 Å². The first-order valence-corrected chi connectivity index (χ1v) is 3.65. The average Bonchev–Trinajstić information content (AvgIpc) is 2.53. The van der Waals surface area contributed by atoms with Crippen molar-refractivity contribution >= 4 is 5.95 Å². The lowest BCUT2D eigenvalue weighted by atomic mass is 10.2. The minimum absolute atomic E-state index is 0.101. The molecule has 66 valence electrons. The van der Waals surface area contributed by atoms with Gasteiger partial charge in [-0.1, -0.05) is 0 Å². The summed E-state index contributed by atoms with van der Waals surface area (Å²) >= 11 is 0. The molecule has 3 N–H and O–H groups in total. The number of hydrogen-bond acceptors (Lipinski definition) is 4. The Morgan fingerprint density at radius 1 is 1.54 bits per heavy atom. The Kier molecular flexibility index (Phi) is 1.63. The van der Waals surface area contributed by atoms with Crippen molar-refractivity contribution in [3.8, 4) is 11.3 Å². The Morgan fingerprint density at radius 2 is 2.38 bits per heavy atom. The van der Waals surface area contributed by atoms with Gasteiger partial charge in [-0.15, -0.1) is 0 Å². The number of nitrogen functional groups attached to an aromatic ring is 1. The standard InChI is InChI=1S/C8H7N3O2/c9-8-10-6(3-7(12)11-8)5-1-2-13-4-5/h1-4H,(H3,9,10,11,12). The predicted molar refractivity (Wildman–Crippen MR) is 47.0 cm³/mol. The van der Waals surface area contributed by atoms with Gasteiger partial charge in [-0.05, 0) is 6.07 Å². The number of H-pyrrole nitrogens is 1. The number of aromatic amines is 1. The highest BCUT2D eigenvalue weighted by atomic mass is 16.3. The van der Waals surface area contributed by atoms with Crippen LogP contribution < -0.4 is 11.3 Å². The molecule has 0 fully saturated rings. The summed E-state index contributed by atoms with van der Waals surface area (Å²) in [5.74, 6) is 0.101. The van der Waals surface area contributed by atoms with Crippen LogP contribution in [0.25, 0.3) is 11.3 Å². The second-order valence-electron chi connectivity index (χ2n) is 2.53. The molecule has 0 saturated heterocycles. The molecule has 0 aromatic carbocycles. The predicted octanol–water partition coefficient (Wildman–Crippen LogP) is 0.612. The molecule has 0 spiro atoms. The molecule has 0 amide bonds. The van der Waals surface area contributed by atoms with Crippen molar-refractivity contribution in [2.24, 2.45) is 0 Å². The summed E-state index contributed by atoms with van der Waals surface area (Å²) in [6.45, 7) is 0. The fourth-order valence-electron chi connectivity index (χ4n) is 1.03. The van der Waals surface area contributed by atoms with E-state index < -0.39 is 0 Å². The lowest BCUT2D eigenvalue weighted by Crippen LogP contribution is -2.09. The Hall–Kier alpha value is -2.04. The average molecular weight is 177 g/mol. The van der Waals surface area contributed by atoms with Crippen LogP contribution in [-0.2, 0) is 0 Å². The second-order valence-corrected chi connectivity index (χ2v) is 2.53. The van der Waals surface area contributed by atoms with Crippen LogP contribution in [0.4, 0.5) is 5.95 Å². The minimum atomic E-state index is -0.274. The van der Waals surface area contributed by atoms with E-state index in [4.69, 9.17) is 10.2 Å². The van der Waals surface area contributed by atoms with E-state index in [0.29, 0.717) is 5.69 Å². The SMILES string of the molecule is Nc1nc(-c2ccoc2)cc(=O)[nH]1. The van der Waals surface area contributed by atoms with Gasteiger partial charge < -0.3 is 10.2 Å². The summed E-state index contributed by atoms with van der Waals surface area (Å²) in [6.07, 6.45) is 3.01. The van der Waals surface area contributed by atoms with Gasteiger partial charge >= 0.3 is 0 Å². The Bertz CT molecular complexity index is 458. The van der Waals surface area contributed by atoms with Crippen LogP contribution in [0.3, 0.4) is 0 Å². The third-order valence-corrected chi connectivity index (χ3v) is 1.58. The number of nitrogens with one attached hydrogen (secondary N) is 1. The maximum absolute atomic E-state index is 11.0. The highest BCUT2D eigenvalue weighted by Gasteiger charge is 2.02. The Labute approximate surface area is 73.2 Å². The van der Waals surface area contributed by atoms with E-state index in [1.165, 1.54) is 18.6 Å². The van der Waals surface area contributed by atoms with Gasteiger partial charge in [0, 0.05) is 11.6 Å². The van der Waals surface area contributed by atoms with Crippen LogP contribution in [0.1, 0.15) is 0 Å². The summed E-state index contributed by atoms with van der Waals surface area (Å²) in [5, 5.41) is 0. The van der Waals surface area contributed by atoms with Gasteiger partial charge in [0.2, 0.25) is 5.95 Å². The molecule has 5 nitrogen and oxygen atoms in total. The van der Waals surface area contributed by atoms with Crippen molar-refractivity contribution in [1.82, 2.24) is 9.97 Å². The number of anilines is 1. The molecule has 0 aliphatic heterocycles. The summed E-state index contributed by atoms with van der Waals surface area (Å²) < 4.78 is 4.86. The molecule has 0 bridgehead atoms. The van der Waals surface area contributed by atoms with E-state index in [9.17, 15) is 4.79 Å². The smallest absolute Gasteiger partial charge is 0.252 e. The molecule has 0 aliphatic carbocycles. The highest BCUT2D eigenvalue weighted by molar-refractivity contribution is 5.57. The first-order valence-electron chi connectivity index (χ1n) is 3.65. The minimum Gasteiger partial charge on any atom is -0.472 e. The molecule has 2 aromatic heterocycles. The molecule has 0 atom stereocenters. The quantitative estimate of drug-likeness (QED) is 0.668. The van der Waals surface area contributed by atoms with E-state index in [0.717, 1.165) is 5.56 Å². The lowest BCUT2D eigenvalue weighted by Gasteiger charge is -1.95. The number of rotatable bonds is 1. The summed E-state index contributed by atoms with van der Waals surface area (Å²) in [7, 11) is 0. The van der Waals surface area contributed by atoms with Crippen LogP contribution in [-0.4, -0.2) is 9.97 Å². The van der Waals surface area contributed by atoms with Gasteiger partial charge in [-0.3, -0.25) is 9.78 Å². The zero-order valence-corrected chi connectivity index (χ0v) is 6.65. The van der Waals surface area contributed by atoms with E-state index in [-0.39, 0.29) is 11.5 Å². The van der Waals surface area contributed by atoms with Gasteiger partial charge in [-0.25, -0.2) is 4.98 Å². The topological polar surface area (TPSA) is 84.9 Å². The lowest BCUT2D eigenvalue weighted by molar-refractivity contribution is 0.568. The number of furan rings is 1. The number of nitrogens with two attached hydrogens (primary N) is 1. The molecule has 0 radical (unpaired) electrons. The number of aromatic nitrogens is 2. The second kappa shape index (κ2) is 2.78. The maximum atomic E-state index is 11.0. The monoisotopic (exact) mass is 177 g/mol. The van der Waals surface area contributed by atoms with E-state index in [1.807, 2.05) is 0 Å². The molecular formula is C8H7N3O2. The normalized spacial score (nSPS) is 10.2. The molecule has 2 rings (SSSR count). The van der Waals surface area contributed by atoms with Crippen molar-refractivity contribution < 1.29 is 4.42 Å². The molecule has 5 heteroatoms. The molecular weight excluding hydrogens is 170 g/mol. The van der Waals surface area contributed by atoms with Crippen LogP contribution in [0.5, 0.6) is 0 Å². The summed E-state index contributed by atoms with van der Waals surface area (Å²) in [5.41, 5.74) is 6.34. The van der Waals surface area contributed by atoms with E-state index in [1.54, 1.807) is 6.07 Å². The van der Waals surface area contributed by atoms with E-state index >= 15 is 0 Å². The van der Waals surface area contributed by atoms with Crippen molar-refractivity contribution in [2.75, 3.05) is 5.73 Å². The highest BCUT2D eigenvalue weighted by Crippen LogP contribution is 2.15. The maximum Gasteiger partial charge on any atom is 0.252 e. The largest absolute Gasteiger partial charge is 0.472 e. The van der Waals surface area contributed by atoms with Gasteiger partial charge in [0.05, 0.1) is 18.2 Å². The molecule has 0 saturated carbocycles. The molecule has 0 unspecified atom stereocenters. The first kappa shape index (κ1) is 7.60. The third kappa shape index (κ3) is 1.44. The van der Waals surface area contributed by atoms with Crippen LogP contribution in [0, 0.1) is 0 Å². The molecule has 0 aliphatic rings. The molecule has 13 heavy (non-hydrogen) atoms. The summed E-state index contributed by atoms with van der Waals surface area (Å²) in [6, 6.07) is 3.07. The van der Waals surface area contributed by atoms with Crippen LogP contribution >= 0.6 is 0 Å². The first-order chi connectivity index (χ1) is 6.25. The molecule has 2 heterocycles. The molecule has 2 aromatic rings. The van der Waals surface area contributed by atoms with Crippen LogP contribution in [0.2, 0.25) is 0 Å². The zero-order valence-electron chi connectivity index (χ0n) is 6.65. The van der Waals surface area contributed by atoms with Gasteiger partial charge in [0.25, 0.3) is 5.56 Å². The van der Waals surface area contributed by atoms with Crippen molar-refractivity contribution in [2.45, 2.75) is 0 Å². The Morgan fingerprint density at radius 3 is 3.00 bits per heavy atom. The van der Waals surface area contributed by atoms with Crippen molar-refractivity contribution in [1.29, 1.82) is 0 Å². The van der Waals surface area contributed by atoms with Gasteiger partial charge in [0.1, 0.15) is 0 Å². The van der Waals surface area contributed by atoms with E-state index in [2.05, 4.69) is 9.97 Å². The van der Waals surface area contributed by atoms with Crippen molar-refractivity contribution in [3.05, 3.63) is 35.0 Å². The number of nitrogens with zero attached hydrogens (tertiary/aromatic N) is 1. The zero-order chi connectivity index (χ0) is 9.26. The van der Waals surface area contributed by atoms with Crippen molar-refractivity contribution in [3.63, 3.8) is 0 Å². The fraction of sp³-hybridized carbons (Fsp3) is 0. The Balaban J connectivity index is 2.59.